The van der Waals surface area contributed by atoms with Crippen molar-refractivity contribution in [3.8, 4) is 6.07 Å². The van der Waals surface area contributed by atoms with Crippen LogP contribution in [0.15, 0.2) is 16.5 Å². The molecule has 4 nitrogen and oxygen atoms in total. The summed E-state index contributed by atoms with van der Waals surface area (Å²) in [5, 5.41) is 8.65. The topological polar surface area (TPSA) is 63.2 Å². The van der Waals surface area contributed by atoms with Crippen LogP contribution in [-0.4, -0.2) is 5.97 Å². The van der Waals surface area contributed by atoms with Crippen LogP contribution >= 0.6 is 0 Å². The number of furan rings is 1. The third-order valence-electron chi connectivity index (χ3n) is 1.42. The van der Waals surface area contributed by atoms with Gasteiger partial charge in [0, 0.05) is 6.92 Å². The van der Waals surface area contributed by atoms with E-state index in [1.165, 1.54) is 6.92 Å². The molecule has 13 heavy (non-hydrogen) atoms. The zero-order valence-electron chi connectivity index (χ0n) is 7.40. The lowest BCUT2D eigenvalue weighted by molar-refractivity contribution is -0.144. The Morgan fingerprint density at radius 1 is 1.69 bits per heavy atom. The third kappa shape index (κ3) is 2.34. The lowest BCUT2D eigenvalue weighted by atomic mass is 10.3. The number of rotatable bonds is 2. The highest BCUT2D eigenvalue weighted by Gasteiger charge is 2.16. The fourth-order valence-corrected chi connectivity index (χ4v) is 0.908. The highest BCUT2D eigenvalue weighted by atomic mass is 16.5. The molecule has 0 aliphatic heterocycles. The lowest BCUT2D eigenvalue weighted by Gasteiger charge is -2.04. The predicted octanol–water partition coefficient (Wildman–Crippen LogP) is 1.72. The van der Waals surface area contributed by atoms with Crippen LogP contribution in [-0.2, 0) is 9.53 Å². The second-order valence-electron chi connectivity index (χ2n) is 2.57. The van der Waals surface area contributed by atoms with Crippen molar-refractivity contribution in [2.24, 2.45) is 0 Å². The van der Waals surface area contributed by atoms with Crippen molar-refractivity contribution in [1.82, 2.24) is 0 Å². The molecule has 0 spiro atoms. The van der Waals surface area contributed by atoms with Gasteiger partial charge in [-0.3, -0.25) is 4.79 Å². The van der Waals surface area contributed by atoms with Crippen LogP contribution in [0.3, 0.4) is 0 Å². The summed E-state index contributed by atoms with van der Waals surface area (Å²) in [5.41, 5.74) is 0. The van der Waals surface area contributed by atoms with E-state index in [1.54, 1.807) is 19.1 Å². The van der Waals surface area contributed by atoms with Gasteiger partial charge in [-0.15, -0.1) is 0 Å². The standard InChI is InChI=1S/C9H9NO3/c1-6-3-4-8(12-6)9(5-10)13-7(2)11/h3-4,9H,1-2H3. The first-order chi connectivity index (χ1) is 6.13. The molecule has 1 rings (SSSR count). The van der Waals surface area contributed by atoms with Gasteiger partial charge in [-0.05, 0) is 19.1 Å². The molecule has 68 valence electrons. The molecular formula is C9H9NO3. The van der Waals surface area contributed by atoms with Gasteiger partial charge in [0.05, 0.1) is 0 Å². The highest BCUT2D eigenvalue weighted by Crippen LogP contribution is 2.18. The van der Waals surface area contributed by atoms with Gasteiger partial charge in [0.2, 0.25) is 6.10 Å². The summed E-state index contributed by atoms with van der Waals surface area (Å²) in [6.45, 7) is 3.01. The Morgan fingerprint density at radius 3 is 2.77 bits per heavy atom. The van der Waals surface area contributed by atoms with E-state index < -0.39 is 12.1 Å². The Hall–Kier alpha value is -1.76. The second kappa shape index (κ2) is 3.76. The number of nitrogens with zero attached hydrogens (tertiary/aromatic N) is 1. The molecule has 4 heteroatoms. The van der Waals surface area contributed by atoms with Crippen molar-refractivity contribution < 1.29 is 13.9 Å². The van der Waals surface area contributed by atoms with Gasteiger partial charge < -0.3 is 9.15 Å². The van der Waals surface area contributed by atoms with Crippen molar-refractivity contribution in [1.29, 1.82) is 5.26 Å². The van der Waals surface area contributed by atoms with E-state index in [9.17, 15) is 4.79 Å². The molecule has 1 atom stereocenters. The zero-order chi connectivity index (χ0) is 9.84. The van der Waals surface area contributed by atoms with E-state index in [2.05, 4.69) is 0 Å². The van der Waals surface area contributed by atoms with E-state index in [1.807, 2.05) is 6.07 Å². The SMILES string of the molecule is CC(=O)OC(C#N)c1ccc(C)o1. The Bertz CT molecular complexity index is 348. The molecule has 0 radical (unpaired) electrons. The largest absolute Gasteiger partial charge is 0.461 e. The van der Waals surface area contributed by atoms with E-state index in [0.29, 0.717) is 11.5 Å². The van der Waals surface area contributed by atoms with Gasteiger partial charge in [0.1, 0.15) is 11.8 Å². The Morgan fingerprint density at radius 2 is 2.38 bits per heavy atom. The summed E-state index contributed by atoms with van der Waals surface area (Å²) < 4.78 is 9.84. The third-order valence-corrected chi connectivity index (χ3v) is 1.42. The van der Waals surface area contributed by atoms with Crippen LogP contribution in [0.1, 0.15) is 24.5 Å². The first kappa shape index (κ1) is 9.33. The molecule has 0 N–H and O–H groups in total. The summed E-state index contributed by atoms with van der Waals surface area (Å²) in [5.74, 6) is 0.540. The number of carbonyl (C=O) groups is 1. The van der Waals surface area contributed by atoms with Crippen LogP contribution in [0, 0.1) is 18.3 Å². The fraction of sp³-hybridized carbons (Fsp3) is 0.333. The average molecular weight is 179 g/mol. The van der Waals surface area contributed by atoms with Gasteiger partial charge in [-0.25, -0.2) is 0 Å². The molecule has 0 fully saturated rings. The number of ether oxygens (including phenoxy) is 1. The summed E-state index contributed by atoms with van der Waals surface area (Å²) >= 11 is 0. The number of esters is 1. The van der Waals surface area contributed by atoms with Gasteiger partial charge in [-0.1, -0.05) is 0 Å². The molecule has 1 unspecified atom stereocenters. The minimum atomic E-state index is -0.939. The second-order valence-corrected chi connectivity index (χ2v) is 2.57. The smallest absolute Gasteiger partial charge is 0.304 e. The predicted molar refractivity (Wildman–Crippen MR) is 43.6 cm³/mol. The van der Waals surface area contributed by atoms with Crippen molar-refractivity contribution in [2.45, 2.75) is 20.0 Å². The molecule has 1 heterocycles. The van der Waals surface area contributed by atoms with Crippen molar-refractivity contribution >= 4 is 5.97 Å². The molecule has 0 aromatic carbocycles. The summed E-state index contributed by atoms with van der Waals surface area (Å²) in [6.07, 6.45) is -0.939. The first-order valence-electron chi connectivity index (χ1n) is 3.76. The van der Waals surface area contributed by atoms with E-state index in [-0.39, 0.29) is 0 Å². The van der Waals surface area contributed by atoms with Crippen LogP contribution < -0.4 is 0 Å². The molecule has 0 saturated carbocycles. The van der Waals surface area contributed by atoms with Gasteiger partial charge >= 0.3 is 5.97 Å². The lowest BCUT2D eigenvalue weighted by Crippen LogP contribution is -2.05. The maximum absolute atomic E-state index is 10.6. The fourth-order valence-electron chi connectivity index (χ4n) is 0.908. The van der Waals surface area contributed by atoms with Gasteiger partial charge in [0.15, 0.2) is 5.76 Å². The summed E-state index contributed by atoms with van der Waals surface area (Å²) in [7, 11) is 0. The monoisotopic (exact) mass is 179 g/mol. The first-order valence-corrected chi connectivity index (χ1v) is 3.76. The molecule has 0 aliphatic carbocycles. The zero-order valence-corrected chi connectivity index (χ0v) is 7.40. The van der Waals surface area contributed by atoms with Crippen molar-refractivity contribution in [3.63, 3.8) is 0 Å². The number of hydrogen-bond acceptors (Lipinski definition) is 4. The van der Waals surface area contributed by atoms with Gasteiger partial charge in [-0.2, -0.15) is 5.26 Å². The maximum Gasteiger partial charge on any atom is 0.304 e. The van der Waals surface area contributed by atoms with Gasteiger partial charge in [0.25, 0.3) is 0 Å². The minimum Gasteiger partial charge on any atom is -0.461 e. The molecule has 0 saturated heterocycles. The van der Waals surface area contributed by atoms with Crippen LogP contribution in [0.25, 0.3) is 0 Å². The minimum absolute atomic E-state index is 0.357. The van der Waals surface area contributed by atoms with Crippen LogP contribution in [0.4, 0.5) is 0 Å². The van der Waals surface area contributed by atoms with E-state index in [4.69, 9.17) is 14.4 Å². The summed E-state index contributed by atoms with van der Waals surface area (Å²) in [6, 6.07) is 5.15. The summed E-state index contributed by atoms with van der Waals surface area (Å²) in [4.78, 5) is 10.6. The van der Waals surface area contributed by atoms with Crippen molar-refractivity contribution in [2.75, 3.05) is 0 Å². The molecule has 1 aromatic heterocycles. The Kier molecular flexibility index (Phi) is 2.70. The quantitative estimate of drug-likeness (QED) is 0.648. The van der Waals surface area contributed by atoms with Crippen LogP contribution in [0.2, 0.25) is 0 Å². The normalized spacial score (nSPS) is 11.8. The Balaban J connectivity index is 2.80. The van der Waals surface area contributed by atoms with E-state index in [0.717, 1.165) is 0 Å². The number of nitriles is 1. The number of carbonyl (C=O) groups excluding carboxylic acids is 1. The highest BCUT2D eigenvalue weighted by molar-refractivity contribution is 5.66. The molecular weight excluding hydrogens is 170 g/mol. The van der Waals surface area contributed by atoms with Crippen LogP contribution in [0.5, 0.6) is 0 Å². The van der Waals surface area contributed by atoms with E-state index >= 15 is 0 Å². The molecule has 0 aliphatic rings. The maximum atomic E-state index is 10.6. The molecule has 0 bridgehead atoms. The van der Waals surface area contributed by atoms with Crippen molar-refractivity contribution in [3.05, 3.63) is 23.7 Å². The number of aryl methyl sites for hydroxylation is 1. The molecule has 0 amide bonds. The number of hydrogen-bond donors (Lipinski definition) is 0. The molecule has 1 aromatic rings. The average Bonchev–Trinajstić information content (AvgIpc) is 2.47. The Labute approximate surface area is 75.7 Å².